The average molecular weight is 249 g/mol. The van der Waals surface area contributed by atoms with Gasteiger partial charge in [0.1, 0.15) is 5.75 Å². The van der Waals surface area contributed by atoms with E-state index in [0.717, 1.165) is 18.7 Å². The Bertz CT molecular complexity index is 415. The zero-order chi connectivity index (χ0) is 13.7. The minimum Gasteiger partial charge on any atom is -0.496 e. The van der Waals surface area contributed by atoms with Gasteiger partial charge in [-0.15, -0.1) is 0 Å². The van der Waals surface area contributed by atoms with E-state index in [0.29, 0.717) is 17.2 Å². The van der Waals surface area contributed by atoms with Gasteiger partial charge in [0.05, 0.1) is 18.4 Å². The Kier molecular flexibility index (Phi) is 5.20. The molecule has 0 fully saturated rings. The Morgan fingerprint density at radius 1 is 1.44 bits per heavy atom. The van der Waals surface area contributed by atoms with E-state index >= 15 is 0 Å². The first-order valence-corrected chi connectivity index (χ1v) is 6.40. The van der Waals surface area contributed by atoms with Crippen LogP contribution in [0.1, 0.15) is 37.6 Å². The van der Waals surface area contributed by atoms with Crippen molar-refractivity contribution in [3.63, 3.8) is 0 Å². The molecule has 0 aliphatic heterocycles. The molecular weight excluding hydrogens is 226 g/mol. The van der Waals surface area contributed by atoms with Crippen molar-refractivity contribution in [2.24, 2.45) is 5.92 Å². The predicted molar refractivity (Wildman–Crippen MR) is 75.7 cm³/mol. The van der Waals surface area contributed by atoms with Crippen LogP contribution in [0.2, 0.25) is 0 Å². The lowest BCUT2D eigenvalue weighted by atomic mass is 10.0. The van der Waals surface area contributed by atoms with Crippen molar-refractivity contribution in [3.05, 3.63) is 23.8 Å². The minimum atomic E-state index is 0.0402. The van der Waals surface area contributed by atoms with E-state index < -0.39 is 0 Å². The van der Waals surface area contributed by atoms with Crippen molar-refractivity contribution in [1.29, 1.82) is 0 Å². The maximum Gasteiger partial charge on any atom is 0.165 e. The molecule has 3 heteroatoms. The van der Waals surface area contributed by atoms with E-state index in [1.165, 1.54) is 0 Å². The number of carbonyl (C=O) groups is 1. The summed E-state index contributed by atoms with van der Waals surface area (Å²) in [6, 6.07) is 5.73. The topological polar surface area (TPSA) is 29.5 Å². The van der Waals surface area contributed by atoms with E-state index in [4.69, 9.17) is 4.74 Å². The average Bonchev–Trinajstić information content (AvgIpc) is 2.37. The summed E-state index contributed by atoms with van der Waals surface area (Å²) in [6.07, 6.45) is 1.13. The van der Waals surface area contributed by atoms with Gasteiger partial charge in [-0.1, -0.05) is 26.3 Å². The lowest BCUT2D eigenvalue weighted by Gasteiger charge is -2.25. The van der Waals surface area contributed by atoms with Crippen LogP contribution < -0.4 is 9.64 Å². The fourth-order valence-electron chi connectivity index (χ4n) is 2.06. The minimum absolute atomic E-state index is 0.0402. The van der Waals surface area contributed by atoms with Gasteiger partial charge in [0.2, 0.25) is 0 Å². The van der Waals surface area contributed by atoms with Gasteiger partial charge in [0.25, 0.3) is 0 Å². The van der Waals surface area contributed by atoms with Crippen LogP contribution in [-0.2, 0) is 0 Å². The molecule has 0 aromatic heterocycles. The summed E-state index contributed by atoms with van der Waals surface area (Å²) in [5.74, 6) is 1.29. The number of benzene rings is 1. The van der Waals surface area contributed by atoms with Gasteiger partial charge in [-0.3, -0.25) is 4.79 Å². The molecule has 3 nitrogen and oxygen atoms in total. The first kappa shape index (κ1) is 14.6. The standard InChI is InChI=1S/C15H23NO2/c1-6-11(2)10-16(4)13-8-7-9-14(18-5)15(13)12(3)17/h7-9,11H,6,10H2,1-5H3. The molecule has 1 rings (SSSR count). The summed E-state index contributed by atoms with van der Waals surface area (Å²) < 4.78 is 5.28. The second-order valence-corrected chi connectivity index (χ2v) is 4.80. The van der Waals surface area contributed by atoms with E-state index in [-0.39, 0.29) is 5.78 Å². The van der Waals surface area contributed by atoms with Gasteiger partial charge in [-0.2, -0.15) is 0 Å². The molecule has 1 unspecified atom stereocenters. The zero-order valence-electron chi connectivity index (χ0n) is 12.0. The van der Waals surface area contributed by atoms with E-state index in [9.17, 15) is 4.79 Å². The number of ketones is 1. The number of Topliss-reactive ketones (excluding diaryl/α,β-unsaturated/α-hetero) is 1. The Hall–Kier alpha value is -1.51. The van der Waals surface area contributed by atoms with Crippen LogP contribution in [0, 0.1) is 5.92 Å². The van der Waals surface area contributed by atoms with Crippen LogP contribution in [0.3, 0.4) is 0 Å². The van der Waals surface area contributed by atoms with E-state index in [2.05, 4.69) is 18.7 Å². The first-order chi connectivity index (χ1) is 8.51. The smallest absolute Gasteiger partial charge is 0.165 e. The lowest BCUT2D eigenvalue weighted by Crippen LogP contribution is -2.25. The summed E-state index contributed by atoms with van der Waals surface area (Å²) in [4.78, 5) is 13.9. The molecule has 0 aliphatic carbocycles. The molecule has 0 saturated heterocycles. The molecule has 0 spiro atoms. The van der Waals surface area contributed by atoms with Crippen LogP contribution in [0.25, 0.3) is 0 Å². The molecule has 0 saturated carbocycles. The highest BCUT2D eigenvalue weighted by Crippen LogP contribution is 2.29. The second-order valence-electron chi connectivity index (χ2n) is 4.80. The molecule has 100 valence electrons. The Labute approximate surface area is 110 Å². The van der Waals surface area contributed by atoms with Gasteiger partial charge in [0, 0.05) is 13.6 Å². The molecule has 1 aromatic rings. The fraction of sp³-hybridized carbons (Fsp3) is 0.533. The summed E-state index contributed by atoms with van der Waals surface area (Å²) in [6.45, 7) is 6.91. The number of rotatable bonds is 6. The third kappa shape index (κ3) is 3.25. The molecule has 0 heterocycles. The number of ether oxygens (including phenoxy) is 1. The molecule has 0 bridgehead atoms. The normalized spacial score (nSPS) is 12.1. The van der Waals surface area contributed by atoms with Crippen LogP contribution in [-0.4, -0.2) is 26.5 Å². The van der Waals surface area contributed by atoms with Crippen LogP contribution in [0.4, 0.5) is 5.69 Å². The van der Waals surface area contributed by atoms with Crippen LogP contribution in [0.15, 0.2) is 18.2 Å². The number of hydrogen-bond acceptors (Lipinski definition) is 3. The summed E-state index contributed by atoms with van der Waals surface area (Å²) in [7, 11) is 3.62. The molecular formula is C15H23NO2. The third-order valence-electron chi connectivity index (χ3n) is 3.27. The van der Waals surface area contributed by atoms with Gasteiger partial charge in [-0.25, -0.2) is 0 Å². The number of methoxy groups -OCH3 is 1. The molecule has 0 radical (unpaired) electrons. The van der Waals surface area contributed by atoms with Crippen molar-refractivity contribution >= 4 is 11.5 Å². The zero-order valence-corrected chi connectivity index (χ0v) is 12.0. The van der Waals surface area contributed by atoms with Crippen molar-refractivity contribution < 1.29 is 9.53 Å². The molecule has 1 aromatic carbocycles. The largest absolute Gasteiger partial charge is 0.496 e. The summed E-state index contributed by atoms with van der Waals surface area (Å²) >= 11 is 0. The number of nitrogens with zero attached hydrogens (tertiary/aromatic N) is 1. The van der Waals surface area contributed by atoms with Gasteiger partial charge < -0.3 is 9.64 Å². The number of hydrogen-bond donors (Lipinski definition) is 0. The Balaban J connectivity index is 3.11. The van der Waals surface area contributed by atoms with Gasteiger partial charge >= 0.3 is 0 Å². The van der Waals surface area contributed by atoms with E-state index in [1.54, 1.807) is 14.0 Å². The highest BCUT2D eigenvalue weighted by Gasteiger charge is 2.17. The molecule has 0 aliphatic rings. The van der Waals surface area contributed by atoms with Gasteiger partial charge in [0.15, 0.2) is 5.78 Å². The maximum atomic E-state index is 11.8. The lowest BCUT2D eigenvalue weighted by molar-refractivity contribution is 0.101. The second kappa shape index (κ2) is 6.43. The summed E-state index contributed by atoms with van der Waals surface area (Å²) in [5.41, 5.74) is 1.62. The third-order valence-corrected chi connectivity index (χ3v) is 3.27. The van der Waals surface area contributed by atoms with E-state index in [1.807, 2.05) is 25.2 Å². The highest BCUT2D eigenvalue weighted by atomic mass is 16.5. The van der Waals surface area contributed by atoms with Gasteiger partial charge in [-0.05, 0) is 25.0 Å². The van der Waals surface area contributed by atoms with Crippen molar-refractivity contribution in [1.82, 2.24) is 0 Å². The number of anilines is 1. The van der Waals surface area contributed by atoms with Crippen molar-refractivity contribution in [3.8, 4) is 5.75 Å². The maximum absolute atomic E-state index is 11.8. The predicted octanol–water partition coefficient (Wildman–Crippen LogP) is 3.38. The van der Waals surface area contributed by atoms with Crippen molar-refractivity contribution in [2.75, 3.05) is 25.6 Å². The fourth-order valence-corrected chi connectivity index (χ4v) is 2.06. The van der Waals surface area contributed by atoms with Crippen LogP contribution >= 0.6 is 0 Å². The molecule has 0 amide bonds. The quantitative estimate of drug-likeness (QED) is 0.724. The molecule has 1 atom stereocenters. The van der Waals surface area contributed by atoms with Crippen LogP contribution in [0.5, 0.6) is 5.75 Å². The SMILES string of the molecule is CCC(C)CN(C)c1cccc(OC)c1C(C)=O. The molecule has 18 heavy (non-hydrogen) atoms. The first-order valence-electron chi connectivity index (χ1n) is 6.40. The monoisotopic (exact) mass is 249 g/mol. The summed E-state index contributed by atoms with van der Waals surface area (Å²) in [5, 5.41) is 0. The highest BCUT2D eigenvalue weighted by molar-refractivity contribution is 6.02. The number of carbonyl (C=O) groups excluding carboxylic acids is 1. The molecule has 0 N–H and O–H groups in total. The Morgan fingerprint density at radius 2 is 2.11 bits per heavy atom. The van der Waals surface area contributed by atoms with Crippen molar-refractivity contribution in [2.45, 2.75) is 27.2 Å². The Morgan fingerprint density at radius 3 is 2.61 bits per heavy atom.